The highest BCUT2D eigenvalue weighted by Crippen LogP contribution is 2.40. The molecule has 0 aromatic carbocycles. The van der Waals surface area contributed by atoms with Crippen molar-refractivity contribution in [2.75, 3.05) is 6.61 Å². The zero-order chi connectivity index (χ0) is 18.4. The summed E-state index contributed by atoms with van der Waals surface area (Å²) in [5, 5.41) is 5.03. The van der Waals surface area contributed by atoms with Crippen LogP contribution in [0.25, 0.3) is 22.6 Å². The molecule has 0 saturated heterocycles. The predicted octanol–water partition coefficient (Wildman–Crippen LogP) is 4.31. The average Bonchev–Trinajstić information content (AvgIpc) is 3.10. The molecule has 3 aromatic heterocycles. The summed E-state index contributed by atoms with van der Waals surface area (Å²) in [4.78, 5) is 9.00. The maximum absolute atomic E-state index is 6.07. The van der Waals surface area contributed by atoms with Gasteiger partial charge in [0.05, 0.1) is 17.8 Å². The lowest BCUT2D eigenvalue weighted by Gasteiger charge is -2.11. The number of aromatic nitrogens is 5. The van der Waals surface area contributed by atoms with E-state index in [1.165, 1.54) is 5.56 Å². The van der Waals surface area contributed by atoms with Crippen molar-refractivity contribution < 1.29 is 4.74 Å². The number of aryl methyl sites for hydroxylation is 1. The van der Waals surface area contributed by atoms with Gasteiger partial charge in [0.25, 0.3) is 0 Å². The Balaban J connectivity index is 1.97. The van der Waals surface area contributed by atoms with Gasteiger partial charge in [-0.25, -0.2) is 14.6 Å². The first-order valence-electron chi connectivity index (χ1n) is 8.93. The zero-order valence-electron chi connectivity index (χ0n) is 15.5. The van der Waals surface area contributed by atoms with Gasteiger partial charge in [-0.15, -0.1) is 0 Å². The normalized spacial score (nSPS) is 13.3. The van der Waals surface area contributed by atoms with E-state index in [1.54, 1.807) is 12.3 Å². The fraction of sp³-hybridized carbons (Fsp3) is 0.421. The molecule has 4 rings (SSSR count). The van der Waals surface area contributed by atoms with E-state index in [9.17, 15) is 0 Å². The number of pyridine rings is 1. The Bertz CT molecular complexity index is 973. The zero-order valence-corrected chi connectivity index (χ0v) is 16.2. The van der Waals surface area contributed by atoms with E-state index in [-0.39, 0.29) is 6.04 Å². The minimum atomic E-state index is 0.242. The summed E-state index contributed by atoms with van der Waals surface area (Å²) < 4.78 is 10.1. The number of hydrogen-bond donors (Lipinski definition) is 0. The fourth-order valence-corrected chi connectivity index (χ4v) is 3.73. The summed E-state index contributed by atoms with van der Waals surface area (Å²) in [6.45, 7) is 9.71. The third kappa shape index (κ3) is 2.69. The van der Waals surface area contributed by atoms with Crippen LogP contribution in [0.4, 0.5) is 0 Å². The summed E-state index contributed by atoms with van der Waals surface area (Å²) >= 11 is 6.07. The first kappa shape index (κ1) is 17.1. The predicted molar refractivity (Wildman–Crippen MR) is 102 cm³/mol. The molecule has 1 aliphatic rings. The van der Waals surface area contributed by atoms with Crippen LogP contribution < -0.4 is 4.74 Å². The molecule has 0 bridgehead atoms. The molecule has 0 amide bonds. The maximum atomic E-state index is 6.07. The quantitative estimate of drug-likeness (QED) is 0.644. The molecular formula is C19H22ClN5O. The molecule has 0 fully saturated rings. The minimum Gasteiger partial charge on any atom is -0.491 e. The third-order valence-corrected chi connectivity index (χ3v) is 4.89. The van der Waals surface area contributed by atoms with Crippen molar-refractivity contribution in [3.63, 3.8) is 0 Å². The van der Waals surface area contributed by atoms with Crippen LogP contribution in [0, 0.1) is 6.92 Å². The molecule has 0 N–H and O–H groups in total. The number of ether oxygens (including phenoxy) is 1. The van der Waals surface area contributed by atoms with Crippen LogP contribution in [-0.4, -0.2) is 30.9 Å². The summed E-state index contributed by atoms with van der Waals surface area (Å²) in [5.41, 5.74) is 4.47. The van der Waals surface area contributed by atoms with Gasteiger partial charge in [0, 0.05) is 30.1 Å². The van der Waals surface area contributed by atoms with E-state index in [1.807, 2.05) is 11.6 Å². The van der Waals surface area contributed by atoms with Gasteiger partial charge >= 0.3 is 0 Å². The Kier molecular flexibility index (Phi) is 4.23. The summed E-state index contributed by atoms with van der Waals surface area (Å²) in [7, 11) is 0. The monoisotopic (exact) mass is 371 g/mol. The van der Waals surface area contributed by atoms with Crippen LogP contribution >= 0.6 is 11.6 Å². The van der Waals surface area contributed by atoms with Gasteiger partial charge in [0.15, 0.2) is 5.82 Å². The number of rotatable bonds is 3. The van der Waals surface area contributed by atoms with Gasteiger partial charge in [0.2, 0.25) is 0 Å². The molecule has 26 heavy (non-hydrogen) atoms. The molecule has 0 atom stereocenters. The second-order valence-electron chi connectivity index (χ2n) is 6.79. The molecule has 0 saturated carbocycles. The van der Waals surface area contributed by atoms with Crippen LogP contribution in [0.5, 0.6) is 5.75 Å². The molecule has 0 aliphatic carbocycles. The smallest absolute Gasteiger partial charge is 0.160 e. The number of hydrogen-bond acceptors (Lipinski definition) is 4. The van der Waals surface area contributed by atoms with E-state index < -0.39 is 0 Å². The van der Waals surface area contributed by atoms with Crippen molar-refractivity contribution in [1.29, 1.82) is 0 Å². The van der Waals surface area contributed by atoms with Crippen LogP contribution in [0.1, 0.15) is 38.2 Å². The Morgan fingerprint density at radius 1 is 1.31 bits per heavy atom. The van der Waals surface area contributed by atoms with Gasteiger partial charge in [-0.3, -0.25) is 0 Å². The van der Waals surface area contributed by atoms with Crippen LogP contribution in [0.3, 0.4) is 0 Å². The highest BCUT2D eigenvalue weighted by molar-refractivity contribution is 6.29. The van der Waals surface area contributed by atoms with Crippen molar-refractivity contribution in [3.8, 4) is 28.4 Å². The van der Waals surface area contributed by atoms with E-state index in [4.69, 9.17) is 21.3 Å². The highest BCUT2D eigenvalue weighted by atomic mass is 35.5. The highest BCUT2D eigenvalue weighted by Gasteiger charge is 2.26. The molecule has 0 unspecified atom stereocenters. The molecule has 6 nitrogen and oxygen atoms in total. The maximum Gasteiger partial charge on any atom is 0.160 e. The summed E-state index contributed by atoms with van der Waals surface area (Å²) in [6, 6.07) is 2.03. The second kappa shape index (κ2) is 6.43. The van der Waals surface area contributed by atoms with E-state index in [2.05, 4.69) is 41.6 Å². The lowest BCUT2D eigenvalue weighted by atomic mass is 10.0. The third-order valence-electron chi connectivity index (χ3n) is 4.68. The van der Waals surface area contributed by atoms with Gasteiger partial charge < -0.3 is 9.30 Å². The lowest BCUT2D eigenvalue weighted by molar-refractivity contribution is 0.306. The fourth-order valence-electron chi connectivity index (χ4n) is 3.58. The number of nitrogens with zero attached hydrogens (tertiary/aromatic N) is 5. The summed E-state index contributed by atoms with van der Waals surface area (Å²) in [5.74, 6) is 2.48. The average molecular weight is 372 g/mol. The first-order chi connectivity index (χ1) is 12.5. The molecule has 3 aromatic rings. The second-order valence-corrected chi connectivity index (χ2v) is 7.18. The number of fused-ring (bicyclic) bond motifs is 3. The largest absolute Gasteiger partial charge is 0.491 e. The molecule has 4 heterocycles. The molecule has 1 aliphatic heterocycles. The van der Waals surface area contributed by atoms with Crippen LogP contribution in [0.15, 0.2) is 18.5 Å². The molecule has 136 valence electrons. The Labute approximate surface area is 157 Å². The van der Waals surface area contributed by atoms with E-state index >= 15 is 0 Å². The molecule has 0 radical (unpaired) electrons. The minimum absolute atomic E-state index is 0.242. The van der Waals surface area contributed by atoms with Gasteiger partial charge in [0.1, 0.15) is 23.3 Å². The standard InChI is InChI=1S/C19H22ClN5O/c1-5-13-15(19-22-12(4)23-25(19)11(2)3)10-24-6-7-26-16-8-17(20)21-9-14(16)18(13)24/h8-11H,5-7H2,1-4H3. The van der Waals surface area contributed by atoms with Crippen LogP contribution in [0.2, 0.25) is 5.15 Å². The van der Waals surface area contributed by atoms with Crippen molar-refractivity contribution in [2.45, 2.75) is 46.7 Å². The Hall–Kier alpha value is -2.34. The van der Waals surface area contributed by atoms with Crippen molar-refractivity contribution in [1.82, 2.24) is 24.3 Å². The summed E-state index contributed by atoms with van der Waals surface area (Å²) in [6.07, 6.45) is 4.85. The van der Waals surface area contributed by atoms with E-state index in [0.717, 1.165) is 47.2 Å². The first-order valence-corrected chi connectivity index (χ1v) is 9.31. The van der Waals surface area contributed by atoms with Crippen molar-refractivity contribution >= 4 is 11.6 Å². The Morgan fingerprint density at radius 2 is 2.12 bits per heavy atom. The van der Waals surface area contributed by atoms with Gasteiger partial charge in [-0.2, -0.15) is 5.10 Å². The van der Waals surface area contributed by atoms with Crippen molar-refractivity contribution in [2.24, 2.45) is 0 Å². The molecule has 7 heteroatoms. The van der Waals surface area contributed by atoms with Crippen molar-refractivity contribution in [3.05, 3.63) is 35.0 Å². The molecule has 0 spiro atoms. The number of halogens is 1. The molecular weight excluding hydrogens is 350 g/mol. The van der Waals surface area contributed by atoms with Crippen LogP contribution in [-0.2, 0) is 13.0 Å². The van der Waals surface area contributed by atoms with E-state index in [0.29, 0.717) is 11.8 Å². The Morgan fingerprint density at radius 3 is 2.85 bits per heavy atom. The lowest BCUT2D eigenvalue weighted by Crippen LogP contribution is -2.06. The topological polar surface area (TPSA) is 57.8 Å². The SMILES string of the molecule is CCc1c(-c2nc(C)nn2C(C)C)cn2c1-c1cnc(Cl)cc1OCC2. The van der Waals surface area contributed by atoms with Gasteiger partial charge in [-0.1, -0.05) is 18.5 Å². The van der Waals surface area contributed by atoms with Gasteiger partial charge in [-0.05, 0) is 32.8 Å².